The molecule has 5 fully saturated rings. The van der Waals surface area contributed by atoms with Crippen LogP contribution in [-0.4, -0.2) is 68.4 Å². The molecule has 0 aromatic heterocycles. The summed E-state index contributed by atoms with van der Waals surface area (Å²) < 4.78 is 36.0. The summed E-state index contributed by atoms with van der Waals surface area (Å²) in [4.78, 5) is 12.0. The van der Waals surface area contributed by atoms with Crippen molar-refractivity contribution in [3.8, 4) is 5.75 Å². The zero-order valence-electron chi connectivity index (χ0n) is 28.3. The Labute approximate surface area is 269 Å². The lowest BCUT2D eigenvalue weighted by Gasteiger charge is -2.64. The second-order valence-corrected chi connectivity index (χ2v) is 16.1. The van der Waals surface area contributed by atoms with Crippen LogP contribution in [-0.2, 0) is 28.5 Å². The van der Waals surface area contributed by atoms with Gasteiger partial charge in [-0.15, -0.1) is 0 Å². The van der Waals surface area contributed by atoms with Crippen LogP contribution in [0, 0.1) is 34.5 Å². The molecule has 4 saturated carbocycles. The van der Waals surface area contributed by atoms with Gasteiger partial charge in [-0.2, -0.15) is 0 Å². The van der Waals surface area contributed by atoms with E-state index in [4.69, 9.17) is 28.4 Å². The summed E-state index contributed by atoms with van der Waals surface area (Å²) in [7, 11) is 1.71. The fraction of sp³-hybridized carbons (Fsp3) is 0.811. The molecule has 252 valence electrons. The SMILES string of the molecule is COCO[C@H]1CC[C@H]2[C@@H]3[C@H](c4ccc(OC(CCOC(C)(C)C)C(=O)O)cc4)C[C@H]4CC5(CC[C@]4(C)[C@H]3CC[C@]12C)OCCO5. The first-order valence-corrected chi connectivity index (χ1v) is 17.4. The monoisotopic (exact) mass is 628 g/mol. The Kier molecular flexibility index (Phi) is 9.38. The van der Waals surface area contributed by atoms with E-state index in [2.05, 4.69) is 26.0 Å². The minimum absolute atomic E-state index is 0.140. The Bertz CT molecular complexity index is 1170. The largest absolute Gasteiger partial charge is 0.479 e. The molecule has 0 bridgehead atoms. The van der Waals surface area contributed by atoms with Crippen LogP contribution in [0.4, 0.5) is 0 Å². The van der Waals surface area contributed by atoms with Crippen molar-refractivity contribution in [2.75, 3.05) is 33.7 Å². The molecular weight excluding hydrogens is 572 g/mol. The number of benzene rings is 1. The highest BCUT2D eigenvalue weighted by atomic mass is 16.7. The van der Waals surface area contributed by atoms with Gasteiger partial charge in [-0.3, -0.25) is 0 Å². The van der Waals surface area contributed by atoms with E-state index in [1.54, 1.807) is 7.11 Å². The summed E-state index contributed by atoms with van der Waals surface area (Å²) in [6.07, 6.45) is 8.51. The molecule has 0 radical (unpaired) electrons. The Morgan fingerprint density at radius 3 is 2.38 bits per heavy atom. The molecule has 8 nitrogen and oxygen atoms in total. The van der Waals surface area contributed by atoms with Gasteiger partial charge in [0.05, 0.1) is 31.5 Å². The van der Waals surface area contributed by atoms with E-state index in [0.717, 1.165) is 32.1 Å². The van der Waals surface area contributed by atoms with Crippen LogP contribution in [0.5, 0.6) is 5.75 Å². The fourth-order valence-electron chi connectivity index (χ4n) is 10.4. The van der Waals surface area contributed by atoms with Gasteiger partial charge in [-0.1, -0.05) is 26.0 Å². The van der Waals surface area contributed by atoms with E-state index in [-0.39, 0.29) is 22.5 Å². The molecule has 8 heteroatoms. The third kappa shape index (κ3) is 6.43. The number of aliphatic carboxylic acids is 1. The summed E-state index contributed by atoms with van der Waals surface area (Å²) in [5.74, 6) is 1.93. The molecule has 1 spiro atoms. The molecule has 6 rings (SSSR count). The van der Waals surface area contributed by atoms with Crippen LogP contribution in [0.3, 0.4) is 0 Å². The number of carboxylic acids is 1. The predicted molar refractivity (Wildman–Crippen MR) is 170 cm³/mol. The van der Waals surface area contributed by atoms with Gasteiger partial charge in [-0.05, 0) is 117 Å². The van der Waals surface area contributed by atoms with Gasteiger partial charge < -0.3 is 33.5 Å². The molecule has 45 heavy (non-hydrogen) atoms. The summed E-state index contributed by atoms with van der Waals surface area (Å²) in [5, 5.41) is 9.84. The molecule has 5 aliphatic rings. The van der Waals surface area contributed by atoms with Gasteiger partial charge in [0.2, 0.25) is 0 Å². The van der Waals surface area contributed by atoms with Gasteiger partial charge in [0.15, 0.2) is 11.9 Å². The molecule has 1 aliphatic heterocycles. The number of fused-ring (bicyclic) bond motifs is 5. The average Bonchev–Trinajstić information content (AvgIpc) is 3.59. The first kappa shape index (κ1) is 33.2. The molecule has 1 heterocycles. The normalized spacial score (nSPS) is 37.9. The van der Waals surface area contributed by atoms with Crippen molar-refractivity contribution in [2.45, 2.75) is 122 Å². The highest BCUT2D eigenvalue weighted by molar-refractivity contribution is 5.72. The molecule has 1 N–H and O–H groups in total. The first-order valence-electron chi connectivity index (χ1n) is 17.4. The van der Waals surface area contributed by atoms with Gasteiger partial charge in [-0.25, -0.2) is 4.79 Å². The maximum Gasteiger partial charge on any atom is 0.344 e. The van der Waals surface area contributed by atoms with E-state index in [9.17, 15) is 9.90 Å². The molecular formula is C37H56O8. The topological polar surface area (TPSA) is 92.7 Å². The molecule has 0 amide bonds. The van der Waals surface area contributed by atoms with E-state index in [1.807, 2.05) is 32.9 Å². The van der Waals surface area contributed by atoms with Crippen molar-refractivity contribution < 1.29 is 38.3 Å². The summed E-state index contributed by atoms with van der Waals surface area (Å²) >= 11 is 0. The second-order valence-electron chi connectivity index (χ2n) is 16.1. The molecule has 1 aromatic rings. The van der Waals surface area contributed by atoms with Crippen molar-refractivity contribution >= 4 is 5.97 Å². The number of hydrogen-bond acceptors (Lipinski definition) is 7. The third-order valence-corrected chi connectivity index (χ3v) is 12.6. The highest BCUT2D eigenvalue weighted by Crippen LogP contribution is 2.70. The summed E-state index contributed by atoms with van der Waals surface area (Å²) in [6.45, 7) is 13.0. The van der Waals surface area contributed by atoms with E-state index in [1.165, 1.54) is 24.8 Å². The van der Waals surface area contributed by atoms with Crippen LogP contribution in [0.25, 0.3) is 0 Å². The molecule has 1 saturated heterocycles. The average molecular weight is 629 g/mol. The number of hydrogen-bond donors (Lipinski definition) is 1. The Morgan fingerprint density at radius 2 is 1.71 bits per heavy atom. The van der Waals surface area contributed by atoms with Crippen LogP contribution < -0.4 is 4.74 Å². The quantitative estimate of drug-likeness (QED) is 0.272. The van der Waals surface area contributed by atoms with Gasteiger partial charge >= 0.3 is 5.97 Å². The van der Waals surface area contributed by atoms with E-state index in [0.29, 0.717) is 68.4 Å². The van der Waals surface area contributed by atoms with Crippen LogP contribution >= 0.6 is 0 Å². The van der Waals surface area contributed by atoms with Crippen LogP contribution in [0.15, 0.2) is 24.3 Å². The Hall–Kier alpha value is -1.71. The lowest BCUT2D eigenvalue weighted by atomic mass is 9.42. The van der Waals surface area contributed by atoms with Crippen molar-refractivity contribution in [2.24, 2.45) is 34.5 Å². The van der Waals surface area contributed by atoms with Crippen molar-refractivity contribution in [1.29, 1.82) is 0 Å². The molecule has 4 aliphatic carbocycles. The van der Waals surface area contributed by atoms with Gasteiger partial charge in [0, 0.05) is 26.4 Å². The second kappa shape index (κ2) is 12.7. The highest BCUT2D eigenvalue weighted by Gasteiger charge is 2.64. The zero-order valence-corrected chi connectivity index (χ0v) is 28.3. The maximum atomic E-state index is 12.0. The molecule has 9 atom stereocenters. The Morgan fingerprint density at radius 1 is 1.00 bits per heavy atom. The third-order valence-electron chi connectivity index (χ3n) is 12.6. The number of carboxylic acid groups (broad SMARTS) is 1. The van der Waals surface area contributed by atoms with Crippen LogP contribution in [0.1, 0.15) is 104 Å². The van der Waals surface area contributed by atoms with Gasteiger partial charge in [0.25, 0.3) is 0 Å². The van der Waals surface area contributed by atoms with E-state index >= 15 is 0 Å². The molecule has 1 unspecified atom stereocenters. The van der Waals surface area contributed by atoms with Crippen LogP contribution in [0.2, 0.25) is 0 Å². The number of methoxy groups -OCH3 is 1. The zero-order chi connectivity index (χ0) is 32.0. The summed E-state index contributed by atoms with van der Waals surface area (Å²) in [6, 6.07) is 8.35. The van der Waals surface area contributed by atoms with Gasteiger partial charge in [0.1, 0.15) is 12.5 Å². The number of rotatable bonds is 10. The van der Waals surface area contributed by atoms with Crippen molar-refractivity contribution in [3.05, 3.63) is 29.8 Å². The minimum Gasteiger partial charge on any atom is -0.479 e. The number of ether oxygens (including phenoxy) is 6. The Balaban J connectivity index is 1.26. The van der Waals surface area contributed by atoms with E-state index < -0.39 is 17.9 Å². The smallest absolute Gasteiger partial charge is 0.344 e. The van der Waals surface area contributed by atoms with Crippen molar-refractivity contribution in [3.63, 3.8) is 0 Å². The standard InChI is InChI=1S/C37H56O8/c1-34(2,3)42-18-14-30(33(38)39)45-26-9-7-24(8-10-26)27-21-25-22-37(43-19-20-44-37)17-16-35(25,4)29-13-15-36(5)28(32(27)29)11-12-31(36)41-23-40-6/h7-10,25,27-32H,11-23H2,1-6H3,(H,38,39)/t25-,27-,28-,29-,30?,31-,32-,35-,36-/m0/s1. The first-order chi connectivity index (χ1) is 21.4. The fourth-order valence-corrected chi connectivity index (χ4v) is 10.4. The summed E-state index contributed by atoms with van der Waals surface area (Å²) in [5.41, 5.74) is 1.42. The maximum absolute atomic E-state index is 12.0. The van der Waals surface area contributed by atoms with Crippen molar-refractivity contribution in [1.82, 2.24) is 0 Å². The predicted octanol–water partition coefficient (Wildman–Crippen LogP) is 7.19. The minimum atomic E-state index is -0.971. The lowest BCUT2D eigenvalue weighted by molar-refractivity contribution is -0.234. The number of carbonyl (C=O) groups is 1. The lowest BCUT2D eigenvalue weighted by Crippen LogP contribution is -2.58. The molecule has 1 aromatic carbocycles.